The molecule has 4 heterocycles. The Balaban J connectivity index is 1.62. The van der Waals surface area contributed by atoms with Gasteiger partial charge in [0.1, 0.15) is 6.04 Å². The standard InChI is InChI=1S/C26H30N2O5S/c1-16-8-9-17(2)18(15-16)27-11-5-10-26-21(20-19(34-26)7-3-4-14-33-25(20)32)23(30)28(12-6-13-29)22(26)24(27)31/h3,5,7-10,15,19-22,29H,4,6,11-14H2,1-2H3/t19-,20+,21-,22?,26-/m0/s1. The van der Waals surface area contributed by atoms with Crippen LogP contribution in [0.4, 0.5) is 5.69 Å². The molecule has 0 aliphatic carbocycles. The normalized spacial score (nSPS) is 32.6. The summed E-state index contributed by atoms with van der Waals surface area (Å²) in [5.74, 6) is -2.03. The molecule has 0 saturated carbocycles. The lowest BCUT2D eigenvalue weighted by molar-refractivity contribution is -0.153. The molecule has 2 fully saturated rings. The van der Waals surface area contributed by atoms with E-state index in [9.17, 15) is 19.5 Å². The minimum absolute atomic E-state index is 0.0805. The highest BCUT2D eigenvalue weighted by Gasteiger charge is 2.70. The average molecular weight is 483 g/mol. The van der Waals surface area contributed by atoms with Crippen molar-refractivity contribution in [2.75, 3.05) is 31.2 Å². The Morgan fingerprint density at radius 2 is 2.00 bits per heavy atom. The van der Waals surface area contributed by atoms with Gasteiger partial charge in [-0.2, -0.15) is 0 Å². The van der Waals surface area contributed by atoms with Crippen molar-refractivity contribution in [2.45, 2.75) is 42.7 Å². The molecule has 4 aliphatic heterocycles. The van der Waals surface area contributed by atoms with Crippen LogP contribution in [0.2, 0.25) is 0 Å². The number of aliphatic hydroxyl groups excluding tert-OH is 1. The van der Waals surface area contributed by atoms with E-state index in [4.69, 9.17) is 4.74 Å². The number of nitrogens with zero attached hydrogens (tertiary/aromatic N) is 2. The first kappa shape index (κ1) is 23.2. The minimum atomic E-state index is -0.862. The van der Waals surface area contributed by atoms with E-state index in [0.717, 1.165) is 16.8 Å². The van der Waals surface area contributed by atoms with Gasteiger partial charge in [0.05, 0.1) is 23.2 Å². The summed E-state index contributed by atoms with van der Waals surface area (Å²) in [5, 5.41) is 9.26. The van der Waals surface area contributed by atoms with Gasteiger partial charge in [0.2, 0.25) is 5.91 Å². The number of cyclic esters (lactones) is 1. The summed E-state index contributed by atoms with van der Waals surface area (Å²) in [6, 6.07) is 5.26. The van der Waals surface area contributed by atoms with Crippen LogP contribution in [0.5, 0.6) is 0 Å². The third kappa shape index (κ3) is 3.50. The largest absolute Gasteiger partial charge is 0.465 e. The van der Waals surface area contributed by atoms with E-state index < -0.39 is 22.6 Å². The smallest absolute Gasteiger partial charge is 0.311 e. The molecule has 5 rings (SSSR count). The lowest BCUT2D eigenvalue weighted by Gasteiger charge is -2.35. The van der Waals surface area contributed by atoms with E-state index in [1.54, 1.807) is 9.80 Å². The Bertz CT molecular complexity index is 1080. The maximum Gasteiger partial charge on any atom is 0.311 e. The Labute approximate surface area is 203 Å². The summed E-state index contributed by atoms with van der Waals surface area (Å²) in [6.07, 6.45) is 8.99. The maximum absolute atomic E-state index is 14.3. The van der Waals surface area contributed by atoms with Gasteiger partial charge in [-0.15, -0.1) is 11.8 Å². The highest BCUT2D eigenvalue weighted by molar-refractivity contribution is 8.02. The van der Waals surface area contributed by atoms with E-state index in [0.29, 0.717) is 26.0 Å². The number of anilines is 1. The fourth-order valence-electron chi connectivity index (χ4n) is 5.81. The topological polar surface area (TPSA) is 87.2 Å². The number of esters is 1. The molecule has 1 spiro atoms. The third-order valence-electron chi connectivity index (χ3n) is 7.33. The lowest BCUT2D eigenvalue weighted by atomic mass is 9.78. The van der Waals surface area contributed by atoms with Crippen LogP contribution in [0.25, 0.3) is 0 Å². The van der Waals surface area contributed by atoms with Gasteiger partial charge >= 0.3 is 5.97 Å². The molecule has 2 amide bonds. The zero-order chi connectivity index (χ0) is 24.0. The van der Waals surface area contributed by atoms with Gasteiger partial charge in [-0.25, -0.2) is 0 Å². The minimum Gasteiger partial charge on any atom is -0.465 e. The highest BCUT2D eigenvalue weighted by Crippen LogP contribution is 2.60. The maximum atomic E-state index is 14.3. The molecule has 1 N–H and O–H groups in total. The molecule has 0 bridgehead atoms. The molecule has 0 aromatic heterocycles. The van der Waals surface area contributed by atoms with Crippen molar-refractivity contribution < 1.29 is 24.2 Å². The summed E-state index contributed by atoms with van der Waals surface area (Å²) >= 11 is 1.54. The molecule has 2 saturated heterocycles. The first-order valence-electron chi connectivity index (χ1n) is 11.9. The van der Waals surface area contributed by atoms with Crippen LogP contribution in [0.3, 0.4) is 0 Å². The first-order valence-corrected chi connectivity index (χ1v) is 12.8. The van der Waals surface area contributed by atoms with Crippen molar-refractivity contribution in [2.24, 2.45) is 11.8 Å². The van der Waals surface area contributed by atoms with Crippen LogP contribution >= 0.6 is 11.8 Å². The van der Waals surface area contributed by atoms with Crippen LogP contribution in [-0.2, 0) is 19.1 Å². The quantitative estimate of drug-likeness (QED) is 0.524. The van der Waals surface area contributed by atoms with Crippen LogP contribution in [0.15, 0.2) is 42.5 Å². The Hall–Kier alpha value is -2.58. The van der Waals surface area contributed by atoms with Gasteiger partial charge in [0, 0.05) is 30.6 Å². The van der Waals surface area contributed by atoms with Crippen LogP contribution < -0.4 is 4.90 Å². The van der Waals surface area contributed by atoms with Crippen LogP contribution in [0.1, 0.15) is 24.0 Å². The van der Waals surface area contributed by atoms with Crippen molar-refractivity contribution in [1.29, 1.82) is 0 Å². The number of hydrogen-bond donors (Lipinski definition) is 1. The van der Waals surface area contributed by atoms with E-state index >= 15 is 0 Å². The first-order chi connectivity index (χ1) is 16.4. The van der Waals surface area contributed by atoms with E-state index in [2.05, 4.69) is 0 Å². The molecule has 34 heavy (non-hydrogen) atoms. The number of amides is 2. The second-order valence-electron chi connectivity index (χ2n) is 9.48. The molecule has 7 nitrogen and oxygen atoms in total. The fraction of sp³-hybridized carbons (Fsp3) is 0.500. The van der Waals surface area contributed by atoms with E-state index in [1.165, 1.54) is 11.8 Å². The molecule has 5 atom stereocenters. The molecular formula is C26H30N2O5S. The monoisotopic (exact) mass is 482 g/mol. The Morgan fingerprint density at radius 1 is 1.18 bits per heavy atom. The number of thioether (sulfide) groups is 1. The van der Waals surface area contributed by atoms with E-state index in [1.807, 2.05) is 56.4 Å². The number of aliphatic hydroxyl groups is 1. The molecular weight excluding hydrogens is 452 g/mol. The highest BCUT2D eigenvalue weighted by atomic mass is 32.2. The predicted molar refractivity (Wildman–Crippen MR) is 130 cm³/mol. The van der Waals surface area contributed by atoms with E-state index in [-0.39, 0.29) is 36.2 Å². The second kappa shape index (κ2) is 8.89. The number of aryl methyl sites for hydroxylation is 2. The fourth-order valence-corrected chi connectivity index (χ4v) is 7.82. The number of ether oxygens (including phenoxy) is 1. The molecule has 1 aromatic carbocycles. The van der Waals surface area contributed by atoms with Crippen LogP contribution in [-0.4, -0.2) is 70.1 Å². The number of fused-ring (bicyclic) bond motifs is 2. The van der Waals surface area contributed by atoms with Crippen LogP contribution in [0, 0.1) is 25.7 Å². The molecule has 8 heteroatoms. The zero-order valence-electron chi connectivity index (χ0n) is 19.5. The Morgan fingerprint density at radius 3 is 2.79 bits per heavy atom. The summed E-state index contributed by atoms with van der Waals surface area (Å²) in [7, 11) is 0. The van der Waals surface area contributed by atoms with Gasteiger partial charge < -0.3 is 19.6 Å². The van der Waals surface area contributed by atoms with Gasteiger partial charge in [-0.3, -0.25) is 14.4 Å². The number of carbonyl (C=O) groups is 3. The number of hydrogen-bond acceptors (Lipinski definition) is 6. The lowest BCUT2D eigenvalue weighted by Crippen LogP contribution is -2.53. The number of rotatable bonds is 4. The SMILES string of the molecule is Cc1ccc(C)c(N2CC=C[C@]34S[C@H]5C=CCCOC(=O)[C@H]5[C@H]3C(=O)N(CCCO)C4C2=O)c1. The third-order valence-corrected chi connectivity index (χ3v) is 9.08. The molecule has 1 aromatic rings. The van der Waals surface area contributed by atoms with Crippen molar-refractivity contribution in [3.63, 3.8) is 0 Å². The molecule has 4 aliphatic rings. The summed E-state index contributed by atoms with van der Waals surface area (Å²) in [4.78, 5) is 44.6. The zero-order valence-corrected chi connectivity index (χ0v) is 20.3. The molecule has 180 valence electrons. The Kier molecular flexibility index (Phi) is 6.06. The molecule has 0 radical (unpaired) electrons. The summed E-state index contributed by atoms with van der Waals surface area (Å²) in [5.41, 5.74) is 2.87. The average Bonchev–Trinajstić information content (AvgIpc) is 3.18. The second-order valence-corrected chi connectivity index (χ2v) is 11.0. The summed E-state index contributed by atoms with van der Waals surface area (Å²) in [6.45, 7) is 4.85. The molecule has 1 unspecified atom stereocenters. The van der Waals surface area contributed by atoms with Crippen molar-refractivity contribution in [3.05, 3.63) is 53.6 Å². The predicted octanol–water partition coefficient (Wildman–Crippen LogP) is 2.39. The number of carbonyl (C=O) groups excluding carboxylic acids is 3. The van der Waals surface area contributed by atoms with Crippen molar-refractivity contribution in [3.8, 4) is 0 Å². The van der Waals surface area contributed by atoms with Gasteiger partial charge in [0.25, 0.3) is 5.91 Å². The van der Waals surface area contributed by atoms with Gasteiger partial charge in [-0.05, 0) is 43.9 Å². The van der Waals surface area contributed by atoms with Gasteiger partial charge in [0.15, 0.2) is 0 Å². The summed E-state index contributed by atoms with van der Waals surface area (Å²) < 4.78 is 4.63. The van der Waals surface area contributed by atoms with Crippen molar-refractivity contribution >= 4 is 35.2 Å². The number of likely N-dealkylation sites (tertiary alicyclic amines) is 1. The number of benzene rings is 1. The van der Waals surface area contributed by atoms with Crippen molar-refractivity contribution in [1.82, 2.24) is 4.90 Å². The van der Waals surface area contributed by atoms with Gasteiger partial charge in [-0.1, -0.05) is 36.4 Å².